The average Bonchev–Trinajstić information content (AvgIpc) is 3.81. The normalized spacial score (nSPS) is 24.4. The van der Waals surface area contributed by atoms with Crippen LogP contribution in [0.4, 0.5) is 0 Å². The lowest BCUT2D eigenvalue weighted by atomic mass is 9.84. The summed E-state index contributed by atoms with van der Waals surface area (Å²) in [5.74, 6) is 3.25. The molecule has 0 amide bonds. The number of hydrogen-bond acceptors (Lipinski definition) is 5. The minimum Gasteiger partial charge on any atom is -0.370 e. The van der Waals surface area contributed by atoms with Crippen LogP contribution in [0.2, 0.25) is 0 Å². The molecular weight excluding hydrogens is 639 g/mol. The maximum Gasteiger partial charge on any atom is 0.194 e. The van der Waals surface area contributed by atoms with Gasteiger partial charge in [0.05, 0.1) is 6.54 Å². The van der Waals surface area contributed by atoms with Crippen LogP contribution in [0.1, 0.15) is 102 Å². The maximum atomic E-state index is 9.96. The highest BCUT2D eigenvalue weighted by Gasteiger charge is 2.41. The Balaban J connectivity index is 1.15. The van der Waals surface area contributed by atoms with E-state index < -0.39 is 0 Å². The molecule has 1 saturated carbocycles. The fourth-order valence-electron chi connectivity index (χ4n) is 9.84. The van der Waals surface area contributed by atoms with Gasteiger partial charge in [-0.1, -0.05) is 120 Å². The van der Waals surface area contributed by atoms with Gasteiger partial charge in [-0.25, -0.2) is 0 Å². The Bertz CT molecular complexity index is 1660. The number of benzene rings is 3. The Morgan fingerprint density at radius 2 is 1.56 bits per heavy atom. The highest BCUT2D eigenvalue weighted by atomic mass is 15.5. The molecule has 0 radical (unpaired) electrons. The molecule has 7 rings (SSSR count). The lowest BCUT2D eigenvalue weighted by Crippen LogP contribution is -2.52. The molecule has 3 N–H and O–H groups in total. The number of fused-ring (bicyclic) bond motifs is 1. The summed E-state index contributed by atoms with van der Waals surface area (Å²) < 4.78 is 0. The lowest BCUT2D eigenvalue weighted by Gasteiger charge is -2.37. The second-order valence-electron chi connectivity index (χ2n) is 17.3. The molecule has 7 nitrogen and oxygen atoms in total. The lowest BCUT2D eigenvalue weighted by molar-refractivity contribution is 0.157. The molecular formula is C45H65N7. The molecule has 3 fully saturated rings. The fourth-order valence-corrected chi connectivity index (χ4v) is 9.84. The Morgan fingerprint density at radius 3 is 2.29 bits per heavy atom. The minimum atomic E-state index is 0.223. The van der Waals surface area contributed by atoms with Crippen LogP contribution in [-0.2, 0) is 12.8 Å². The van der Waals surface area contributed by atoms with E-state index in [1.807, 2.05) is 0 Å². The van der Waals surface area contributed by atoms with Crippen molar-refractivity contribution in [2.75, 3.05) is 39.3 Å². The molecule has 3 aromatic rings. The van der Waals surface area contributed by atoms with E-state index in [-0.39, 0.29) is 6.04 Å². The Morgan fingerprint density at radius 1 is 0.808 bits per heavy atom. The first-order valence-corrected chi connectivity index (χ1v) is 20.7. The van der Waals surface area contributed by atoms with Crippen LogP contribution in [0.15, 0.2) is 71.7 Å². The first-order chi connectivity index (χ1) is 25.2. The number of likely N-dealkylation sites (tertiary alicyclic amines) is 1. The molecule has 1 aliphatic carbocycles. The van der Waals surface area contributed by atoms with Gasteiger partial charge in [0, 0.05) is 50.3 Å². The number of nitrogens with zero attached hydrogens (tertiary/aromatic N) is 5. The molecule has 280 valence electrons. The predicted molar refractivity (Wildman–Crippen MR) is 218 cm³/mol. The SMILES string of the molecule is CC(C)Cc1ccc(C(C)CN2C(=N)N([C@H](Cc3ccc4ccccc4c3)CN3CCCC3CN3C(N)=NC[C@@H]3C)C[C@H]2CC2CCCCC2)cc1. The van der Waals surface area contributed by atoms with Crippen LogP contribution < -0.4 is 5.73 Å². The standard InChI is InChI=1S/C45H65N7/c1-32(2)23-36-16-19-38(20-17-36)33(3)28-51-43(25-35-11-6-5-7-12-35)31-52(45(51)47)42(26-37-18-21-39-13-8-9-14-40(39)24-37)29-49-22-10-15-41(49)30-50-34(4)27-48-44(50)46/h8-9,13-14,16-21,24,32-35,41-43,47H,5-7,10-12,15,22-23,25-31H2,1-4H3,(H2,46,48)/t33?,34-,41?,42+,43+/m0/s1. The van der Waals surface area contributed by atoms with Crippen LogP contribution in [0.3, 0.4) is 0 Å². The molecule has 3 aromatic carbocycles. The highest BCUT2D eigenvalue weighted by molar-refractivity contribution is 5.83. The zero-order chi connectivity index (χ0) is 36.2. The molecule has 0 bridgehead atoms. The van der Waals surface area contributed by atoms with E-state index in [4.69, 9.17) is 5.73 Å². The summed E-state index contributed by atoms with van der Waals surface area (Å²) in [6, 6.07) is 26.6. The summed E-state index contributed by atoms with van der Waals surface area (Å²) >= 11 is 0. The smallest absolute Gasteiger partial charge is 0.194 e. The highest BCUT2D eigenvalue weighted by Crippen LogP contribution is 2.34. The monoisotopic (exact) mass is 704 g/mol. The van der Waals surface area contributed by atoms with Crippen LogP contribution in [0, 0.1) is 17.2 Å². The van der Waals surface area contributed by atoms with E-state index >= 15 is 0 Å². The molecule has 2 saturated heterocycles. The second kappa shape index (κ2) is 16.6. The van der Waals surface area contributed by atoms with Crippen molar-refractivity contribution >= 4 is 22.7 Å². The van der Waals surface area contributed by atoms with Crippen LogP contribution in [0.5, 0.6) is 0 Å². The number of nitrogens with one attached hydrogen (secondary N) is 1. The summed E-state index contributed by atoms with van der Waals surface area (Å²) in [5.41, 5.74) is 10.6. The van der Waals surface area contributed by atoms with Gasteiger partial charge in [-0.2, -0.15) is 0 Å². The Kier molecular flexibility index (Phi) is 11.7. The van der Waals surface area contributed by atoms with Gasteiger partial charge in [0.2, 0.25) is 0 Å². The second-order valence-corrected chi connectivity index (χ2v) is 17.3. The Labute approximate surface area is 314 Å². The molecule has 3 aliphatic heterocycles. The van der Waals surface area contributed by atoms with Gasteiger partial charge in [0.1, 0.15) is 0 Å². The van der Waals surface area contributed by atoms with E-state index in [0.29, 0.717) is 35.9 Å². The van der Waals surface area contributed by atoms with Gasteiger partial charge < -0.3 is 20.4 Å². The summed E-state index contributed by atoms with van der Waals surface area (Å²) in [6.45, 7) is 14.9. The molecule has 2 unspecified atom stereocenters. The van der Waals surface area contributed by atoms with E-state index in [2.05, 4.69) is 119 Å². The number of nitrogens with two attached hydrogens (primary N) is 1. The molecule has 3 heterocycles. The van der Waals surface area contributed by atoms with E-state index in [0.717, 1.165) is 64.0 Å². The van der Waals surface area contributed by atoms with Crippen molar-refractivity contribution in [3.63, 3.8) is 0 Å². The van der Waals surface area contributed by atoms with Crippen LogP contribution >= 0.6 is 0 Å². The molecule has 7 heteroatoms. The quantitative estimate of drug-likeness (QED) is 0.177. The number of aliphatic imine (C=N–C) groups is 1. The van der Waals surface area contributed by atoms with Gasteiger partial charge in [-0.3, -0.25) is 15.3 Å². The van der Waals surface area contributed by atoms with E-state index in [1.54, 1.807) is 0 Å². The summed E-state index contributed by atoms with van der Waals surface area (Å²) in [5, 5.41) is 12.6. The van der Waals surface area contributed by atoms with Crippen LogP contribution in [0.25, 0.3) is 10.8 Å². The third kappa shape index (κ3) is 8.62. The summed E-state index contributed by atoms with van der Waals surface area (Å²) in [6.07, 6.45) is 12.5. The molecule has 5 atom stereocenters. The predicted octanol–water partition coefficient (Wildman–Crippen LogP) is 8.13. The zero-order valence-electron chi connectivity index (χ0n) is 32.5. The number of hydrogen-bond donors (Lipinski definition) is 2. The first kappa shape index (κ1) is 36.8. The van der Waals surface area contributed by atoms with E-state index in [9.17, 15) is 5.41 Å². The van der Waals surface area contributed by atoms with Gasteiger partial charge in [0.25, 0.3) is 0 Å². The van der Waals surface area contributed by atoms with Crippen molar-refractivity contribution in [3.8, 4) is 0 Å². The van der Waals surface area contributed by atoms with Crippen LogP contribution in [-0.4, -0.2) is 95.0 Å². The molecule has 0 spiro atoms. The molecule has 52 heavy (non-hydrogen) atoms. The Hall–Kier alpha value is -3.58. The number of rotatable bonds is 14. The number of guanidine groups is 2. The average molecular weight is 704 g/mol. The fraction of sp³-hybridized carbons (Fsp3) is 0.600. The van der Waals surface area contributed by atoms with Crippen molar-refractivity contribution in [2.45, 2.75) is 122 Å². The third-order valence-electron chi connectivity index (χ3n) is 12.8. The maximum absolute atomic E-state index is 9.96. The van der Waals surface area contributed by atoms with Crippen molar-refractivity contribution in [1.82, 2.24) is 19.6 Å². The van der Waals surface area contributed by atoms with Gasteiger partial charge in [-0.15, -0.1) is 0 Å². The van der Waals surface area contributed by atoms with Crippen molar-refractivity contribution in [2.24, 2.45) is 22.6 Å². The van der Waals surface area contributed by atoms with E-state index in [1.165, 1.54) is 78.8 Å². The largest absolute Gasteiger partial charge is 0.370 e. The summed E-state index contributed by atoms with van der Waals surface area (Å²) in [7, 11) is 0. The zero-order valence-corrected chi connectivity index (χ0v) is 32.5. The van der Waals surface area contributed by atoms with Crippen molar-refractivity contribution in [1.29, 1.82) is 5.41 Å². The van der Waals surface area contributed by atoms with Crippen molar-refractivity contribution in [3.05, 3.63) is 83.4 Å². The summed E-state index contributed by atoms with van der Waals surface area (Å²) in [4.78, 5) is 14.7. The van der Waals surface area contributed by atoms with Crippen molar-refractivity contribution < 1.29 is 0 Å². The first-order valence-electron chi connectivity index (χ1n) is 20.7. The topological polar surface area (TPSA) is 75.2 Å². The molecule has 4 aliphatic rings. The molecule has 0 aromatic heterocycles. The van der Waals surface area contributed by atoms with Gasteiger partial charge in [0.15, 0.2) is 11.9 Å². The minimum absolute atomic E-state index is 0.223. The van der Waals surface area contributed by atoms with Gasteiger partial charge in [-0.05, 0) is 90.8 Å². The third-order valence-corrected chi connectivity index (χ3v) is 12.8. The van der Waals surface area contributed by atoms with Gasteiger partial charge >= 0.3 is 0 Å².